The van der Waals surface area contributed by atoms with Crippen LogP contribution in [-0.4, -0.2) is 6.03 Å². The molecule has 0 saturated heterocycles. The maximum atomic E-state index is 10.7. The van der Waals surface area contributed by atoms with Crippen LogP contribution in [0.5, 0.6) is 0 Å². The highest BCUT2D eigenvalue weighted by atomic mass is 79.9. The summed E-state index contributed by atoms with van der Waals surface area (Å²) in [5.41, 5.74) is 0. The lowest BCUT2D eigenvalue weighted by Gasteiger charge is -1.83. The van der Waals surface area contributed by atoms with Gasteiger partial charge in [0.2, 0.25) is 0 Å². The fourth-order valence-electron chi connectivity index (χ4n) is 0.929. The first-order valence-electron chi connectivity index (χ1n) is 3.03. The molecule has 2 amide bonds. The minimum Gasteiger partial charge on any atom is -0.244 e. The summed E-state index contributed by atoms with van der Waals surface area (Å²) in [6.45, 7) is 0. The maximum absolute atomic E-state index is 10.7. The maximum Gasteiger partial charge on any atom is 0.368 e. The SMILES string of the molecule is O=C1N=c2cccc(Br)c2=N1. The van der Waals surface area contributed by atoms with E-state index in [9.17, 15) is 4.79 Å². The number of carbonyl (C=O) groups excluding carboxylic acids is 1. The Labute approximate surface area is 70.6 Å². The number of para-hydroxylation sites is 1. The van der Waals surface area contributed by atoms with E-state index in [2.05, 4.69) is 25.9 Å². The Bertz CT molecular complexity index is 438. The largest absolute Gasteiger partial charge is 0.368 e. The third-order valence-electron chi connectivity index (χ3n) is 1.39. The first kappa shape index (κ1) is 6.67. The molecule has 0 fully saturated rings. The van der Waals surface area contributed by atoms with Gasteiger partial charge >= 0.3 is 6.03 Å². The molecule has 0 bridgehead atoms. The van der Waals surface area contributed by atoms with Gasteiger partial charge in [-0.15, -0.1) is 0 Å². The summed E-state index contributed by atoms with van der Waals surface area (Å²) >= 11 is 3.27. The molecule has 3 nitrogen and oxygen atoms in total. The Morgan fingerprint density at radius 3 is 2.82 bits per heavy atom. The van der Waals surface area contributed by atoms with E-state index in [1.165, 1.54) is 0 Å². The second-order valence-electron chi connectivity index (χ2n) is 2.11. The fraction of sp³-hybridized carbons (Fsp3) is 0. The highest BCUT2D eigenvalue weighted by Crippen LogP contribution is 2.00. The molecule has 0 unspecified atom stereocenters. The molecule has 0 N–H and O–H groups in total. The smallest absolute Gasteiger partial charge is 0.244 e. The predicted octanol–water partition coefficient (Wildman–Crippen LogP) is 0.822. The topological polar surface area (TPSA) is 41.8 Å². The van der Waals surface area contributed by atoms with Gasteiger partial charge in [-0.3, -0.25) is 0 Å². The summed E-state index contributed by atoms with van der Waals surface area (Å²) in [6.07, 6.45) is 0. The van der Waals surface area contributed by atoms with Crippen LogP contribution in [-0.2, 0) is 0 Å². The van der Waals surface area contributed by atoms with Gasteiger partial charge in [-0.2, -0.15) is 9.98 Å². The van der Waals surface area contributed by atoms with E-state index in [0.717, 1.165) is 4.47 Å². The normalized spacial score (nSPS) is 13.7. The molecule has 11 heavy (non-hydrogen) atoms. The van der Waals surface area contributed by atoms with Crippen molar-refractivity contribution in [3.8, 4) is 0 Å². The Morgan fingerprint density at radius 2 is 2.09 bits per heavy atom. The Hall–Kier alpha value is -1.03. The lowest BCUT2D eigenvalue weighted by molar-refractivity contribution is 0.256. The fourth-order valence-corrected chi connectivity index (χ4v) is 1.37. The van der Waals surface area contributed by atoms with Gasteiger partial charge < -0.3 is 0 Å². The highest BCUT2D eigenvalue weighted by molar-refractivity contribution is 9.10. The molecule has 0 spiro atoms. The van der Waals surface area contributed by atoms with Crippen molar-refractivity contribution in [2.45, 2.75) is 0 Å². The molecule has 0 atom stereocenters. The first-order valence-corrected chi connectivity index (χ1v) is 3.82. The molecule has 0 radical (unpaired) electrons. The van der Waals surface area contributed by atoms with Crippen LogP contribution in [0.4, 0.5) is 4.79 Å². The van der Waals surface area contributed by atoms with Crippen molar-refractivity contribution in [1.82, 2.24) is 0 Å². The highest BCUT2D eigenvalue weighted by Gasteiger charge is 2.05. The molecule has 54 valence electrons. The summed E-state index contributed by atoms with van der Waals surface area (Å²) in [6, 6.07) is 4.98. The molecule has 0 aromatic heterocycles. The third kappa shape index (κ3) is 0.991. The number of amides is 2. The lowest BCUT2D eigenvalue weighted by Crippen LogP contribution is -2.21. The van der Waals surface area contributed by atoms with Gasteiger partial charge in [0.1, 0.15) is 5.36 Å². The first-order chi connectivity index (χ1) is 5.27. The van der Waals surface area contributed by atoms with Crippen molar-refractivity contribution < 1.29 is 4.79 Å². The van der Waals surface area contributed by atoms with E-state index in [0.29, 0.717) is 10.7 Å². The monoisotopic (exact) mass is 210 g/mol. The number of hydrogen-bond acceptors (Lipinski definition) is 1. The van der Waals surface area contributed by atoms with Crippen LogP contribution in [0.1, 0.15) is 0 Å². The summed E-state index contributed by atoms with van der Waals surface area (Å²) < 4.78 is 0.810. The van der Waals surface area contributed by atoms with Crippen LogP contribution in [0.2, 0.25) is 0 Å². The van der Waals surface area contributed by atoms with Crippen LogP contribution in [0.3, 0.4) is 0 Å². The van der Waals surface area contributed by atoms with E-state index in [1.54, 1.807) is 6.07 Å². The van der Waals surface area contributed by atoms with Gasteiger partial charge in [0, 0.05) is 4.47 Å². The Balaban J connectivity index is 2.97. The average molecular weight is 211 g/mol. The molecular weight excluding hydrogens is 208 g/mol. The van der Waals surface area contributed by atoms with E-state index in [-0.39, 0.29) is 0 Å². The summed E-state index contributed by atoms with van der Waals surface area (Å²) in [5.74, 6) is 0. The van der Waals surface area contributed by atoms with Crippen molar-refractivity contribution in [1.29, 1.82) is 0 Å². The van der Waals surface area contributed by atoms with E-state index in [1.807, 2.05) is 12.1 Å². The van der Waals surface area contributed by atoms with Gasteiger partial charge in [0.25, 0.3) is 0 Å². The van der Waals surface area contributed by atoms with Crippen LogP contribution < -0.4 is 10.7 Å². The van der Waals surface area contributed by atoms with E-state index >= 15 is 0 Å². The van der Waals surface area contributed by atoms with Crippen molar-refractivity contribution in [2.24, 2.45) is 9.98 Å². The number of fused-ring (bicyclic) bond motifs is 1. The van der Waals surface area contributed by atoms with Gasteiger partial charge in [0.15, 0.2) is 0 Å². The molecule has 0 saturated carbocycles. The molecule has 1 aromatic rings. The van der Waals surface area contributed by atoms with Gasteiger partial charge in [-0.05, 0) is 28.1 Å². The Morgan fingerprint density at radius 1 is 1.27 bits per heavy atom. The van der Waals surface area contributed by atoms with Gasteiger partial charge in [-0.1, -0.05) is 6.07 Å². The van der Waals surface area contributed by atoms with Crippen molar-refractivity contribution >= 4 is 22.0 Å². The van der Waals surface area contributed by atoms with Crippen molar-refractivity contribution in [3.63, 3.8) is 0 Å². The van der Waals surface area contributed by atoms with Crippen molar-refractivity contribution in [2.75, 3.05) is 0 Å². The number of benzene rings is 1. The number of hydrogen-bond donors (Lipinski definition) is 0. The quantitative estimate of drug-likeness (QED) is 0.626. The molecule has 4 heteroatoms. The minimum atomic E-state index is -0.424. The molecule has 1 aliphatic rings. The number of nitrogens with zero attached hydrogens (tertiary/aromatic N) is 2. The van der Waals surface area contributed by atoms with Crippen LogP contribution in [0.15, 0.2) is 32.7 Å². The number of carbonyl (C=O) groups is 1. The zero-order valence-corrected chi connectivity index (χ0v) is 7.00. The molecule has 0 aliphatic carbocycles. The average Bonchev–Trinajstić information content (AvgIpc) is 2.31. The second kappa shape index (κ2) is 2.23. The molecule has 1 aliphatic heterocycles. The molecule has 1 heterocycles. The van der Waals surface area contributed by atoms with E-state index in [4.69, 9.17) is 0 Å². The summed E-state index contributed by atoms with van der Waals surface area (Å²) in [5, 5.41) is 1.28. The zero-order valence-electron chi connectivity index (χ0n) is 5.41. The zero-order chi connectivity index (χ0) is 7.84. The molecule has 1 aromatic carbocycles. The number of halogens is 1. The second-order valence-corrected chi connectivity index (χ2v) is 2.97. The van der Waals surface area contributed by atoms with Gasteiger partial charge in [0.05, 0.1) is 5.36 Å². The molecule has 2 rings (SSSR count). The predicted molar refractivity (Wildman–Crippen MR) is 41.9 cm³/mol. The summed E-state index contributed by atoms with van der Waals surface area (Å²) in [4.78, 5) is 18.1. The van der Waals surface area contributed by atoms with Gasteiger partial charge in [-0.25, -0.2) is 4.79 Å². The number of urea groups is 1. The van der Waals surface area contributed by atoms with E-state index < -0.39 is 6.03 Å². The minimum absolute atomic E-state index is 0.424. The van der Waals surface area contributed by atoms with Crippen LogP contribution in [0.25, 0.3) is 0 Å². The Kier molecular flexibility index (Phi) is 1.35. The van der Waals surface area contributed by atoms with Crippen molar-refractivity contribution in [3.05, 3.63) is 33.4 Å². The number of rotatable bonds is 0. The lowest BCUT2D eigenvalue weighted by atomic mass is 10.3. The third-order valence-corrected chi connectivity index (χ3v) is 2.03. The van der Waals surface area contributed by atoms with Crippen LogP contribution >= 0.6 is 15.9 Å². The summed E-state index contributed by atoms with van der Waals surface area (Å²) in [7, 11) is 0. The van der Waals surface area contributed by atoms with Crippen LogP contribution in [0, 0.1) is 0 Å². The standard InChI is InChI=1S/C7H3BrN2O/c8-4-2-1-3-5-6(4)10-7(11)9-5/h1-3H. The molecular formula is C7H3BrN2O.